The van der Waals surface area contributed by atoms with Gasteiger partial charge in [0.05, 0.1) is 20.3 Å². The van der Waals surface area contributed by atoms with Crippen LogP contribution in [0.25, 0.3) is 0 Å². The highest BCUT2D eigenvalue weighted by Gasteiger charge is 2.13. The lowest BCUT2D eigenvalue weighted by Crippen LogP contribution is -2.36. The monoisotopic (exact) mass is 332 g/mol. The molecule has 2 aromatic rings. The van der Waals surface area contributed by atoms with E-state index in [2.05, 4.69) is 20.2 Å². The Kier molecular flexibility index (Phi) is 5.43. The van der Waals surface area contributed by atoms with Gasteiger partial charge in [-0.2, -0.15) is 0 Å². The molecule has 1 aromatic carbocycles. The summed E-state index contributed by atoms with van der Waals surface area (Å²) in [4.78, 5) is 10.7. The minimum Gasteiger partial charge on any atom is -0.494 e. The van der Waals surface area contributed by atoms with Crippen molar-refractivity contribution in [1.82, 2.24) is 9.97 Å². The molecule has 3 rings (SSSR count). The summed E-state index contributed by atoms with van der Waals surface area (Å²) in [7, 11) is 1.46. The van der Waals surface area contributed by atoms with E-state index in [0.717, 1.165) is 43.5 Å². The Bertz CT molecular complexity index is 677. The molecule has 0 radical (unpaired) electrons. The zero-order chi connectivity index (χ0) is 16.8. The number of halogens is 1. The molecule has 6 nitrogen and oxygen atoms in total. The van der Waals surface area contributed by atoms with Crippen LogP contribution >= 0.6 is 0 Å². The van der Waals surface area contributed by atoms with Crippen molar-refractivity contribution in [3.63, 3.8) is 0 Å². The summed E-state index contributed by atoms with van der Waals surface area (Å²) in [5.41, 5.74) is 0.906. The third kappa shape index (κ3) is 4.11. The van der Waals surface area contributed by atoms with Crippen molar-refractivity contribution in [2.45, 2.75) is 6.42 Å². The fourth-order valence-electron chi connectivity index (χ4n) is 2.61. The topological polar surface area (TPSA) is 59.5 Å². The van der Waals surface area contributed by atoms with Crippen molar-refractivity contribution in [1.29, 1.82) is 0 Å². The Morgan fingerprint density at radius 1 is 1.25 bits per heavy atom. The Balaban J connectivity index is 1.55. The molecule has 1 N–H and O–H groups in total. The summed E-state index contributed by atoms with van der Waals surface area (Å²) >= 11 is 0. The predicted octanol–water partition coefficient (Wildman–Crippen LogP) is 2.12. The van der Waals surface area contributed by atoms with Crippen molar-refractivity contribution < 1.29 is 13.9 Å². The number of ether oxygens (including phenoxy) is 2. The molecule has 0 atom stereocenters. The lowest BCUT2D eigenvalue weighted by atomic mass is 10.1. The summed E-state index contributed by atoms with van der Waals surface area (Å²) in [6.07, 6.45) is 2.25. The van der Waals surface area contributed by atoms with Crippen LogP contribution in [0.15, 0.2) is 30.6 Å². The van der Waals surface area contributed by atoms with Gasteiger partial charge in [0.2, 0.25) is 0 Å². The van der Waals surface area contributed by atoms with Gasteiger partial charge in [-0.15, -0.1) is 0 Å². The first kappa shape index (κ1) is 16.4. The summed E-state index contributed by atoms with van der Waals surface area (Å²) < 4.78 is 24.0. The van der Waals surface area contributed by atoms with Crippen LogP contribution in [0.2, 0.25) is 0 Å². The fraction of sp³-hybridized carbons (Fsp3) is 0.412. The number of nitrogens with one attached hydrogen (secondary N) is 1. The van der Waals surface area contributed by atoms with Gasteiger partial charge in [-0.1, -0.05) is 6.07 Å². The van der Waals surface area contributed by atoms with E-state index in [1.165, 1.54) is 13.2 Å². The molecule has 0 amide bonds. The van der Waals surface area contributed by atoms with E-state index in [-0.39, 0.29) is 11.6 Å². The van der Waals surface area contributed by atoms with Crippen LogP contribution in [0.4, 0.5) is 16.0 Å². The number of methoxy groups -OCH3 is 1. The maximum atomic E-state index is 13.7. The van der Waals surface area contributed by atoms with Crippen LogP contribution in [0.1, 0.15) is 5.56 Å². The Morgan fingerprint density at radius 3 is 2.83 bits per heavy atom. The molecule has 0 unspecified atom stereocenters. The first-order valence-corrected chi connectivity index (χ1v) is 7.97. The molecule has 2 heterocycles. The fourth-order valence-corrected chi connectivity index (χ4v) is 2.61. The first-order valence-electron chi connectivity index (χ1n) is 7.97. The van der Waals surface area contributed by atoms with Gasteiger partial charge in [0.25, 0.3) is 0 Å². The van der Waals surface area contributed by atoms with Gasteiger partial charge < -0.3 is 19.7 Å². The van der Waals surface area contributed by atoms with Crippen molar-refractivity contribution in [2.75, 3.05) is 50.2 Å². The van der Waals surface area contributed by atoms with Crippen LogP contribution in [0.3, 0.4) is 0 Å². The van der Waals surface area contributed by atoms with Gasteiger partial charge in [0.15, 0.2) is 11.6 Å². The number of nitrogens with zero attached hydrogens (tertiary/aromatic N) is 3. The van der Waals surface area contributed by atoms with E-state index in [9.17, 15) is 4.39 Å². The average Bonchev–Trinajstić information content (AvgIpc) is 2.63. The summed E-state index contributed by atoms with van der Waals surface area (Å²) in [5, 5.41) is 3.26. The minimum atomic E-state index is -0.341. The van der Waals surface area contributed by atoms with E-state index in [1.807, 2.05) is 12.1 Å². The SMILES string of the molecule is COc1ccc(CCNc2cc(N3CCOCC3)ncn2)cc1F. The molecule has 1 fully saturated rings. The Hall–Kier alpha value is -2.41. The molecule has 0 bridgehead atoms. The molecule has 7 heteroatoms. The molecular formula is C17H21FN4O2. The summed E-state index contributed by atoms with van der Waals surface area (Å²) in [6, 6.07) is 6.94. The maximum Gasteiger partial charge on any atom is 0.165 e. The highest BCUT2D eigenvalue weighted by molar-refractivity contribution is 5.48. The molecule has 0 spiro atoms. The quantitative estimate of drug-likeness (QED) is 0.874. The molecule has 0 aliphatic carbocycles. The van der Waals surface area contributed by atoms with E-state index in [4.69, 9.17) is 9.47 Å². The molecular weight excluding hydrogens is 311 g/mol. The smallest absolute Gasteiger partial charge is 0.165 e. The third-order valence-corrected chi connectivity index (χ3v) is 3.92. The van der Waals surface area contributed by atoms with E-state index >= 15 is 0 Å². The van der Waals surface area contributed by atoms with Crippen molar-refractivity contribution in [3.05, 3.63) is 42.0 Å². The predicted molar refractivity (Wildman–Crippen MR) is 90.2 cm³/mol. The second-order valence-electron chi connectivity index (χ2n) is 5.51. The summed E-state index contributed by atoms with van der Waals surface area (Å²) in [6.45, 7) is 3.76. The number of hydrogen-bond acceptors (Lipinski definition) is 6. The van der Waals surface area contributed by atoms with Gasteiger partial charge in [0.1, 0.15) is 18.0 Å². The minimum absolute atomic E-state index is 0.262. The van der Waals surface area contributed by atoms with Crippen LogP contribution in [-0.4, -0.2) is 49.9 Å². The van der Waals surface area contributed by atoms with Crippen LogP contribution in [0, 0.1) is 5.82 Å². The maximum absolute atomic E-state index is 13.7. The van der Waals surface area contributed by atoms with Crippen LogP contribution in [0.5, 0.6) is 5.75 Å². The first-order chi connectivity index (χ1) is 11.8. The van der Waals surface area contributed by atoms with Gasteiger partial charge in [-0.25, -0.2) is 14.4 Å². The molecule has 24 heavy (non-hydrogen) atoms. The highest BCUT2D eigenvalue weighted by Crippen LogP contribution is 2.18. The molecule has 128 valence electrons. The normalized spacial score (nSPS) is 14.5. The highest BCUT2D eigenvalue weighted by atomic mass is 19.1. The molecule has 1 aliphatic rings. The second-order valence-corrected chi connectivity index (χ2v) is 5.51. The molecule has 1 aliphatic heterocycles. The largest absolute Gasteiger partial charge is 0.494 e. The van der Waals surface area contributed by atoms with E-state index < -0.39 is 0 Å². The van der Waals surface area contributed by atoms with Crippen molar-refractivity contribution in [3.8, 4) is 5.75 Å². The second kappa shape index (κ2) is 7.92. The van der Waals surface area contributed by atoms with Crippen LogP contribution in [-0.2, 0) is 11.2 Å². The number of rotatable bonds is 6. The van der Waals surface area contributed by atoms with Crippen molar-refractivity contribution in [2.24, 2.45) is 0 Å². The Labute approximate surface area is 140 Å². The Morgan fingerprint density at radius 2 is 2.08 bits per heavy atom. The van der Waals surface area contributed by atoms with Crippen LogP contribution < -0.4 is 15.0 Å². The van der Waals surface area contributed by atoms with Crippen molar-refractivity contribution >= 4 is 11.6 Å². The standard InChI is InChI=1S/C17H21FN4O2/c1-23-15-3-2-13(10-14(15)18)4-5-19-16-11-17(21-12-20-16)22-6-8-24-9-7-22/h2-3,10-12H,4-9H2,1H3,(H,19,20,21). The van der Waals surface area contributed by atoms with E-state index in [1.54, 1.807) is 12.4 Å². The zero-order valence-corrected chi connectivity index (χ0v) is 13.7. The van der Waals surface area contributed by atoms with E-state index in [0.29, 0.717) is 13.0 Å². The number of hydrogen-bond donors (Lipinski definition) is 1. The molecule has 1 aromatic heterocycles. The number of aromatic nitrogens is 2. The van der Waals surface area contributed by atoms with Gasteiger partial charge in [-0.3, -0.25) is 0 Å². The number of benzene rings is 1. The van der Waals surface area contributed by atoms with Gasteiger partial charge >= 0.3 is 0 Å². The zero-order valence-electron chi connectivity index (χ0n) is 13.7. The average molecular weight is 332 g/mol. The summed E-state index contributed by atoms with van der Waals surface area (Å²) in [5.74, 6) is 1.58. The molecule has 0 saturated carbocycles. The van der Waals surface area contributed by atoms with Gasteiger partial charge in [-0.05, 0) is 24.1 Å². The number of anilines is 2. The third-order valence-electron chi connectivity index (χ3n) is 3.92. The lowest BCUT2D eigenvalue weighted by Gasteiger charge is -2.27. The lowest BCUT2D eigenvalue weighted by molar-refractivity contribution is 0.122. The molecule has 1 saturated heterocycles. The number of morpholine rings is 1. The van der Waals surface area contributed by atoms with Gasteiger partial charge in [0, 0.05) is 25.7 Å².